The summed E-state index contributed by atoms with van der Waals surface area (Å²) in [5.41, 5.74) is 4.60. The summed E-state index contributed by atoms with van der Waals surface area (Å²) in [5, 5.41) is 0.767. The van der Waals surface area contributed by atoms with Gasteiger partial charge in [0.2, 0.25) is 5.91 Å². The van der Waals surface area contributed by atoms with Gasteiger partial charge in [-0.1, -0.05) is 37.6 Å². The first-order valence-electron chi connectivity index (χ1n) is 9.43. The van der Waals surface area contributed by atoms with Gasteiger partial charge in [0, 0.05) is 41.3 Å². The molecule has 2 aromatic rings. The molecule has 3 nitrogen and oxygen atoms in total. The number of pyridine rings is 1. The zero-order valence-electron chi connectivity index (χ0n) is 15.8. The van der Waals surface area contributed by atoms with Gasteiger partial charge in [-0.05, 0) is 61.6 Å². The van der Waals surface area contributed by atoms with Gasteiger partial charge in [0.15, 0.2) is 0 Å². The van der Waals surface area contributed by atoms with Gasteiger partial charge >= 0.3 is 0 Å². The Hall–Kier alpha value is -1.87. The molecule has 1 saturated heterocycles. The molecule has 1 aliphatic rings. The fourth-order valence-electron chi connectivity index (χ4n) is 3.75. The number of aromatic nitrogens is 1. The summed E-state index contributed by atoms with van der Waals surface area (Å²) in [7, 11) is 0. The molecule has 1 unspecified atom stereocenters. The minimum Gasteiger partial charge on any atom is -0.342 e. The number of rotatable bonds is 4. The molecule has 4 heteroatoms. The number of hydrogen-bond acceptors (Lipinski definition) is 2. The van der Waals surface area contributed by atoms with Crippen LogP contribution < -0.4 is 0 Å². The van der Waals surface area contributed by atoms with Gasteiger partial charge in [0.1, 0.15) is 0 Å². The van der Waals surface area contributed by atoms with Crippen molar-refractivity contribution in [1.82, 2.24) is 9.88 Å². The number of aryl methyl sites for hydroxylation is 1. The Bertz CT molecular complexity index is 787. The van der Waals surface area contributed by atoms with Gasteiger partial charge in [0.05, 0.1) is 0 Å². The lowest BCUT2D eigenvalue weighted by Crippen LogP contribution is -2.41. The maximum atomic E-state index is 12.4. The highest BCUT2D eigenvalue weighted by atomic mass is 35.5. The number of carbonyl (C=O) groups excluding carboxylic acids is 1. The maximum absolute atomic E-state index is 12.4. The Labute approximate surface area is 161 Å². The van der Waals surface area contributed by atoms with Crippen molar-refractivity contribution < 1.29 is 4.79 Å². The first-order valence-corrected chi connectivity index (χ1v) is 9.81. The molecule has 0 N–H and O–H groups in total. The molecule has 1 aliphatic heterocycles. The molecule has 1 aromatic heterocycles. The Kier molecular flexibility index (Phi) is 5.98. The predicted octanol–water partition coefficient (Wildman–Crippen LogP) is 5.00. The highest BCUT2D eigenvalue weighted by Gasteiger charge is 2.27. The van der Waals surface area contributed by atoms with Crippen molar-refractivity contribution in [2.24, 2.45) is 5.92 Å². The van der Waals surface area contributed by atoms with E-state index in [2.05, 4.69) is 18.2 Å². The van der Waals surface area contributed by atoms with Crippen molar-refractivity contribution in [1.29, 1.82) is 0 Å². The molecule has 0 aliphatic carbocycles. The van der Waals surface area contributed by atoms with Crippen LogP contribution in [0.3, 0.4) is 0 Å². The molecule has 0 saturated carbocycles. The van der Waals surface area contributed by atoms with Crippen LogP contribution in [0.2, 0.25) is 5.02 Å². The Balaban J connectivity index is 1.79. The van der Waals surface area contributed by atoms with Crippen molar-refractivity contribution in [2.75, 3.05) is 13.1 Å². The third-order valence-electron chi connectivity index (χ3n) is 4.98. The van der Waals surface area contributed by atoms with Gasteiger partial charge < -0.3 is 4.90 Å². The van der Waals surface area contributed by atoms with Crippen molar-refractivity contribution in [3.8, 4) is 0 Å². The lowest BCUT2D eigenvalue weighted by molar-refractivity contribution is -0.135. The lowest BCUT2D eigenvalue weighted by Gasteiger charge is -2.34. The Morgan fingerprint density at radius 2 is 2.08 bits per heavy atom. The molecule has 138 valence electrons. The number of benzene rings is 1. The van der Waals surface area contributed by atoms with Gasteiger partial charge in [-0.25, -0.2) is 0 Å². The quantitative estimate of drug-likeness (QED) is 0.759. The van der Waals surface area contributed by atoms with E-state index in [-0.39, 0.29) is 11.8 Å². The minimum absolute atomic E-state index is 0.0533. The van der Waals surface area contributed by atoms with E-state index in [0.717, 1.165) is 48.8 Å². The average molecular weight is 371 g/mol. The maximum Gasteiger partial charge on any atom is 0.225 e. The summed E-state index contributed by atoms with van der Waals surface area (Å²) < 4.78 is 0. The number of piperidine rings is 1. The van der Waals surface area contributed by atoms with Gasteiger partial charge in [-0.3, -0.25) is 9.78 Å². The highest BCUT2D eigenvalue weighted by Crippen LogP contribution is 2.28. The van der Waals surface area contributed by atoms with E-state index in [1.165, 1.54) is 11.1 Å². The molecule has 0 spiro atoms. The standard InChI is InChI=1S/C22H27ClN2O/c1-15(2)22(26)25-9-5-7-19(14-25)21-13-18(10-16(3)24-21)11-17-6-4-8-20(23)12-17/h4,6,8,10,12-13,15,19H,5,7,9,11,14H2,1-3H3. The Morgan fingerprint density at radius 3 is 2.81 bits per heavy atom. The van der Waals surface area contributed by atoms with Crippen LogP contribution in [0, 0.1) is 12.8 Å². The predicted molar refractivity (Wildman–Crippen MR) is 107 cm³/mol. The third kappa shape index (κ3) is 4.64. The highest BCUT2D eigenvalue weighted by molar-refractivity contribution is 6.30. The lowest BCUT2D eigenvalue weighted by atomic mass is 9.91. The summed E-state index contributed by atoms with van der Waals surface area (Å²) >= 11 is 6.12. The van der Waals surface area contributed by atoms with Crippen molar-refractivity contribution >= 4 is 17.5 Å². The van der Waals surface area contributed by atoms with Crippen LogP contribution >= 0.6 is 11.6 Å². The van der Waals surface area contributed by atoms with Gasteiger partial charge in [-0.2, -0.15) is 0 Å². The zero-order valence-corrected chi connectivity index (χ0v) is 16.6. The van der Waals surface area contributed by atoms with Gasteiger partial charge in [0.25, 0.3) is 0 Å². The topological polar surface area (TPSA) is 33.2 Å². The monoisotopic (exact) mass is 370 g/mol. The van der Waals surface area contributed by atoms with E-state index in [0.29, 0.717) is 5.92 Å². The molecule has 1 aromatic carbocycles. The first kappa shape index (κ1) is 18.9. The molecule has 2 heterocycles. The van der Waals surface area contributed by atoms with E-state index in [9.17, 15) is 4.79 Å². The summed E-state index contributed by atoms with van der Waals surface area (Å²) in [6, 6.07) is 12.4. The van der Waals surface area contributed by atoms with E-state index < -0.39 is 0 Å². The third-order valence-corrected chi connectivity index (χ3v) is 5.21. The van der Waals surface area contributed by atoms with Crippen molar-refractivity contribution in [3.63, 3.8) is 0 Å². The second-order valence-corrected chi connectivity index (χ2v) is 8.06. The molecule has 0 radical (unpaired) electrons. The van der Waals surface area contributed by atoms with E-state index in [1.807, 2.05) is 43.9 Å². The summed E-state index contributed by atoms with van der Waals surface area (Å²) in [4.78, 5) is 19.2. The fourth-order valence-corrected chi connectivity index (χ4v) is 3.96. The SMILES string of the molecule is Cc1cc(Cc2cccc(Cl)c2)cc(C2CCCN(C(=O)C(C)C)C2)n1. The number of likely N-dealkylation sites (tertiary alicyclic amines) is 1. The van der Waals surface area contributed by atoms with Crippen LogP contribution in [0.25, 0.3) is 0 Å². The van der Waals surface area contributed by atoms with Crippen LogP contribution in [0.5, 0.6) is 0 Å². The van der Waals surface area contributed by atoms with Crippen LogP contribution in [-0.4, -0.2) is 28.9 Å². The number of hydrogen-bond donors (Lipinski definition) is 0. The van der Waals surface area contributed by atoms with E-state index in [1.54, 1.807) is 0 Å². The fraction of sp³-hybridized carbons (Fsp3) is 0.455. The second kappa shape index (κ2) is 8.22. The van der Waals surface area contributed by atoms with E-state index >= 15 is 0 Å². The average Bonchev–Trinajstić information content (AvgIpc) is 2.60. The van der Waals surface area contributed by atoms with Crippen molar-refractivity contribution in [2.45, 2.75) is 46.0 Å². The first-order chi connectivity index (χ1) is 12.4. The number of amides is 1. The molecule has 1 fully saturated rings. The van der Waals surface area contributed by atoms with Crippen molar-refractivity contribution in [3.05, 3.63) is 63.9 Å². The molecule has 1 amide bonds. The van der Waals surface area contributed by atoms with Gasteiger partial charge in [-0.15, -0.1) is 0 Å². The minimum atomic E-state index is 0.0533. The molecule has 0 bridgehead atoms. The summed E-state index contributed by atoms with van der Waals surface area (Å²) in [6.07, 6.45) is 2.98. The number of nitrogens with zero attached hydrogens (tertiary/aromatic N) is 2. The molecule has 3 rings (SSSR count). The van der Waals surface area contributed by atoms with E-state index in [4.69, 9.17) is 16.6 Å². The summed E-state index contributed by atoms with van der Waals surface area (Å²) in [6.45, 7) is 7.64. The summed E-state index contributed by atoms with van der Waals surface area (Å²) in [5.74, 6) is 0.628. The molecular weight excluding hydrogens is 344 g/mol. The van der Waals surface area contributed by atoms with Crippen LogP contribution in [-0.2, 0) is 11.2 Å². The largest absolute Gasteiger partial charge is 0.342 e. The zero-order chi connectivity index (χ0) is 18.7. The van der Waals surface area contributed by atoms with Crippen LogP contribution in [0.1, 0.15) is 55.1 Å². The Morgan fingerprint density at radius 1 is 1.27 bits per heavy atom. The second-order valence-electron chi connectivity index (χ2n) is 7.63. The molecular formula is C22H27ClN2O. The number of halogens is 1. The smallest absolute Gasteiger partial charge is 0.225 e. The molecule has 1 atom stereocenters. The molecule has 26 heavy (non-hydrogen) atoms. The van der Waals surface area contributed by atoms with Crippen LogP contribution in [0.15, 0.2) is 36.4 Å². The number of carbonyl (C=O) groups is 1. The van der Waals surface area contributed by atoms with Crippen LogP contribution in [0.4, 0.5) is 0 Å². The normalized spacial score (nSPS) is 17.6.